The third kappa shape index (κ3) is 2.37. The minimum atomic E-state index is 0.0311. The van der Waals surface area contributed by atoms with E-state index < -0.39 is 0 Å². The number of nitrogens with zero attached hydrogens (tertiary/aromatic N) is 2. The highest BCUT2D eigenvalue weighted by Crippen LogP contribution is 2.32. The lowest BCUT2D eigenvalue weighted by molar-refractivity contribution is 0.384. The van der Waals surface area contributed by atoms with E-state index in [2.05, 4.69) is 33.7 Å². The van der Waals surface area contributed by atoms with Gasteiger partial charge in [0.2, 0.25) is 5.88 Å². The molecule has 0 aromatic carbocycles. The van der Waals surface area contributed by atoms with Crippen molar-refractivity contribution in [1.82, 2.24) is 15.3 Å². The van der Waals surface area contributed by atoms with E-state index in [1.165, 1.54) is 10.4 Å². The molecular formula is C13H17N3OS. The molecule has 0 amide bonds. The van der Waals surface area contributed by atoms with Gasteiger partial charge in [0.15, 0.2) is 0 Å². The van der Waals surface area contributed by atoms with Gasteiger partial charge in [-0.25, -0.2) is 4.98 Å². The van der Waals surface area contributed by atoms with Crippen LogP contribution in [0.2, 0.25) is 0 Å². The monoisotopic (exact) mass is 263 g/mol. The van der Waals surface area contributed by atoms with Gasteiger partial charge < -0.3 is 10.1 Å². The molecule has 96 valence electrons. The number of rotatable bonds is 5. The molecule has 2 heterocycles. The minimum Gasteiger partial charge on any atom is -0.480 e. The van der Waals surface area contributed by atoms with Gasteiger partial charge in [0.05, 0.1) is 13.2 Å². The second-order valence-electron chi connectivity index (χ2n) is 3.84. The van der Waals surface area contributed by atoms with Crippen molar-refractivity contribution in [3.63, 3.8) is 0 Å². The summed E-state index contributed by atoms with van der Waals surface area (Å²) in [5.74, 6) is 0.576. The number of methoxy groups -OCH3 is 1. The molecule has 1 unspecified atom stereocenters. The molecule has 2 aromatic heterocycles. The second kappa shape index (κ2) is 5.93. The van der Waals surface area contributed by atoms with Crippen molar-refractivity contribution in [2.24, 2.45) is 0 Å². The van der Waals surface area contributed by atoms with Gasteiger partial charge in [0.1, 0.15) is 5.69 Å². The first-order valence-corrected chi connectivity index (χ1v) is 6.78. The molecular weight excluding hydrogens is 246 g/mol. The summed E-state index contributed by atoms with van der Waals surface area (Å²) >= 11 is 1.74. The van der Waals surface area contributed by atoms with E-state index in [9.17, 15) is 0 Å². The fourth-order valence-corrected chi connectivity index (χ4v) is 3.08. The molecule has 0 saturated heterocycles. The Hall–Kier alpha value is -1.46. The van der Waals surface area contributed by atoms with E-state index in [-0.39, 0.29) is 6.04 Å². The summed E-state index contributed by atoms with van der Waals surface area (Å²) in [5, 5.41) is 5.41. The normalized spacial score (nSPS) is 12.4. The molecule has 0 saturated carbocycles. The second-order valence-corrected chi connectivity index (χ2v) is 4.78. The number of aryl methyl sites for hydroxylation is 1. The van der Waals surface area contributed by atoms with E-state index in [0.717, 1.165) is 12.1 Å². The maximum Gasteiger partial charge on any atom is 0.237 e. The fraction of sp³-hybridized carbons (Fsp3) is 0.385. The summed E-state index contributed by atoms with van der Waals surface area (Å²) in [5.41, 5.74) is 2.17. The van der Waals surface area contributed by atoms with Crippen LogP contribution < -0.4 is 10.1 Å². The number of hydrogen-bond donors (Lipinski definition) is 1. The Kier molecular flexibility index (Phi) is 4.28. The van der Waals surface area contributed by atoms with Gasteiger partial charge in [0.25, 0.3) is 0 Å². The number of hydrogen-bond acceptors (Lipinski definition) is 5. The zero-order chi connectivity index (χ0) is 13.0. The van der Waals surface area contributed by atoms with Gasteiger partial charge in [-0.15, -0.1) is 11.3 Å². The SMILES string of the molecule is CCc1ccsc1C(NC)c1nccnc1OC. The Morgan fingerprint density at radius 2 is 2.17 bits per heavy atom. The van der Waals surface area contributed by atoms with Gasteiger partial charge >= 0.3 is 0 Å². The van der Waals surface area contributed by atoms with Gasteiger partial charge in [-0.2, -0.15) is 0 Å². The van der Waals surface area contributed by atoms with Crippen molar-refractivity contribution >= 4 is 11.3 Å². The van der Waals surface area contributed by atoms with Gasteiger partial charge in [0, 0.05) is 17.3 Å². The molecule has 2 aromatic rings. The smallest absolute Gasteiger partial charge is 0.237 e. The van der Waals surface area contributed by atoms with E-state index in [1.54, 1.807) is 30.8 Å². The predicted molar refractivity (Wildman–Crippen MR) is 73.2 cm³/mol. The summed E-state index contributed by atoms with van der Waals surface area (Å²) in [6.45, 7) is 2.16. The van der Waals surface area contributed by atoms with Crippen LogP contribution in [0.15, 0.2) is 23.8 Å². The van der Waals surface area contributed by atoms with Crippen LogP contribution in [-0.2, 0) is 6.42 Å². The molecule has 1 atom stereocenters. The zero-order valence-corrected chi connectivity index (χ0v) is 11.6. The quantitative estimate of drug-likeness (QED) is 0.900. The zero-order valence-electron chi connectivity index (χ0n) is 10.8. The summed E-state index contributed by atoms with van der Waals surface area (Å²) < 4.78 is 5.29. The highest BCUT2D eigenvalue weighted by molar-refractivity contribution is 7.10. The first-order chi connectivity index (χ1) is 8.81. The van der Waals surface area contributed by atoms with Crippen LogP contribution in [0.5, 0.6) is 5.88 Å². The standard InChI is InChI=1S/C13H17N3OS/c1-4-9-5-8-18-12(9)10(14-2)11-13(17-3)16-7-6-15-11/h5-8,10,14H,4H2,1-3H3. The summed E-state index contributed by atoms with van der Waals surface area (Å²) in [6, 6.07) is 2.19. The van der Waals surface area contributed by atoms with E-state index in [4.69, 9.17) is 4.74 Å². The lowest BCUT2D eigenvalue weighted by Crippen LogP contribution is -2.20. The molecule has 5 heteroatoms. The number of thiophene rings is 1. The summed E-state index contributed by atoms with van der Waals surface area (Å²) in [6.07, 6.45) is 4.35. The van der Waals surface area contributed by atoms with Crippen molar-refractivity contribution in [3.8, 4) is 5.88 Å². The van der Waals surface area contributed by atoms with E-state index in [1.807, 2.05) is 7.05 Å². The van der Waals surface area contributed by atoms with Crippen LogP contribution in [0.25, 0.3) is 0 Å². The average molecular weight is 263 g/mol. The van der Waals surface area contributed by atoms with Crippen molar-refractivity contribution in [2.45, 2.75) is 19.4 Å². The topological polar surface area (TPSA) is 47.0 Å². The van der Waals surface area contributed by atoms with Crippen LogP contribution in [-0.4, -0.2) is 24.1 Å². The highest BCUT2D eigenvalue weighted by Gasteiger charge is 2.22. The van der Waals surface area contributed by atoms with Gasteiger partial charge in [-0.3, -0.25) is 4.98 Å². The molecule has 0 bridgehead atoms. The summed E-state index contributed by atoms with van der Waals surface area (Å²) in [7, 11) is 3.55. The van der Waals surface area contributed by atoms with Crippen LogP contribution in [0.3, 0.4) is 0 Å². The summed E-state index contributed by atoms with van der Waals surface area (Å²) in [4.78, 5) is 9.90. The fourth-order valence-electron chi connectivity index (χ4n) is 1.98. The predicted octanol–water partition coefficient (Wildman–Crippen LogP) is 2.42. The Morgan fingerprint density at radius 3 is 2.83 bits per heavy atom. The van der Waals surface area contributed by atoms with Gasteiger partial charge in [-0.05, 0) is 30.5 Å². The Bertz CT molecular complexity index is 512. The van der Waals surface area contributed by atoms with E-state index >= 15 is 0 Å². The number of nitrogens with one attached hydrogen (secondary N) is 1. The molecule has 0 fully saturated rings. The Labute approximate surface area is 111 Å². The van der Waals surface area contributed by atoms with Crippen LogP contribution in [0.4, 0.5) is 0 Å². The van der Waals surface area contributed by atoms with Crippen molar-refractivity contribution < 1.29 is 4.74 Å². The van der Waals surface area contributed by atoms with Crippen molar-refractivity contribution in [3.05, 3.63) is 40.0 Å². The maximum atomic E-state index is 5.29. The number of ether oxygens (including phenoxy) is 1. The minimum absolute atomic E-state index is 0.0311. The molecule has 0 aliphatic carbocycles. The molecule has 18 heavy (non-hydrogen) atoms. The molecule has 0 spiro atoms. The largest absolute Gasteiger partial charge is 0.480 e. The molecule has 0 radical (unpaired) electrons. The molecule has 1 N–H and O–H groups in total. The third-order valence-electron chi connectivity index (χ3n) is 2.87. The van der Waals surface area contributed by atoms with Crippen molar-refractivity contribution in [2.75, 3.05) is 14.2 Å². The number of aromatic nitrogens is 2. The Balaban J connectivity index is 2.45. The lowest BCUT2D eigenvalue weighted by atomic mass is 10.1. The molecule has 0 aliphatic heterocycles. The van der Waals surface area contributed by atoms with Crippen LogP contribution in [0, 0.1) is 0 Å². The maximum absolute atomic E-state index is 5.29. The highest BCUT2D eigenvalue weighted by atomic mass is 32.1. The van der Waals surface area contributed by atoms with E-state index in [0.29, 0.717) is 5.88 Å². The first kappa shape index (κ1) is 13.0. The third-order valence-corrected chi connectivity index (χ3v) is 3.89. The first-order valence-electron chi connectivity index (χ1n) is 5.90. The lowest BCUT2D eigenvalue weighted by Gasteiger charge is -2.17. The molecule has 0 aliphatic rings. The van der Waals surface area contributed by atoms with Crippen molar-refractivity contribution in [1.29, 1.82) is 0 Å². The van der Waals surface area contributed by atoms with Crippen LogP contribution >= 0.6 is 11.3 Å². The molecule has 2 rings (SSSR count). The van der Waals surface area contributed by atoms with Gasteiger partial charge in [-0.1, -0.05) is 6.92 Å². The average Bonchev–Trinajstić information content (AvgIpc) is 2.88. The molecule has 4 nitrogen and oxygen atoms in total. The Morgan fingerprint density at radius 1 is 1.39 bits per heavy atom. The van der Waals surface area contributed by atoms with Crippen LogP contribution in [0.1, 0.15) is 29.1 Å².